The van der Waals surface area contributed by atoms with Crippen molar-refractivity contribution in [3.05, 3.63) is 29.8 Å². The Morgan fingerprint density at radius 2 is 2.05 bits per heavy atom. The number of piperidine rings is 1. The number of benzene rings is 1. The second kappa shape index (κ2) is 9.01. The summed E-state index contributed by atoms with van der Waals surface area (Å²) in [6.07, 6.45) is 3.86. The molecule has 1 amide bonds. The zero-order valence-electron chi connectivity index (χ0n) is 13.5. The second-order valence-corrected chi connectivity index (χ2v) is 5.85. The van der Waals surface area contributed by atoms with Crippen LogP contribution in [0.4, 0.5) is 0 Å². The highest BCUT2D eigenvalue weighted by atomic mass is 35.5. The first-order valence-corrected chi connectivity index (χ1v) is 7.79. The van der Waals surface area contributed by atoms with Gasteiger partial charge in [0, 0.05) is 25.6 Å². The molecule has 1 aliphatic rings. The normalized spacial score (nSPS) is 19.2. The lowest BCUT2D eigenvalue weighted by atomic mass is 9.95. The molecule has 2 N–H and O–H groups in total. The van der Waals surface area contributed by atoms with Crippen molar-refractivity contribution >= 4 is 18.3 Å². The number of methoxy groups -OCH3 is 1. The molecule has 0 radical (unpaired) electrons. The number of likely N-dealkylation sites (tertiary alicyclic amines) is 1. The van der Waals surface area contributed by atoms with Gasteiger partial charge in [0.05, 0.1) is 7.11 Å². The minimum atomic E-state index is 0. The topological polar surface area (TPSA) is 55.6 Å². The first-order chi connectivity index (χ1) is 10.2. The van der Waals surface area contributed by atoms with Crippen LogP contribution in [0.3, 0.4) is 0 Å². The summed E-state index contributed by atoms with van der Waals surface area (Å²) in [6.45, 7) is 3.53. The number of ether oxygens (including phenoxy) is 1. The summed E-state index contributed by atoms with van der Waals surface area (Å²) in [7, 11) is 1.66. The Bertz CT molecular complexity index is 464. The predicted octanol–water partition coefficient (Wildman–Crippen LogP) is 2.95. The lowest BCUT2D eigenvalue weighted by molar-refractivity contribution is -0.135. The van der Waals surface area contributed by atoms with Gasteiger partial charge in [0.1, 0.15) is 5.75 Å². The fourth-order valence-corrected chi connectivity index (χ4v) is 3.00. The van der Waals surface area contributed by atoms with Crippen molar-refractivity contribution in [2.75, 3.05) is 20.2 Å². The van der Waals surface area contributed by atoms with Gasteiger partial charge in [-0.1, -0.05) is 19.1 Å². The van der Waals surface area contributed by atoms with E-state index in [0.29, 0.717) is 13.0 Å². The molecule has 0 aliphatic carbocycles. The highest BCUT2D eigenvalue weighted by Crippen LogP contribution is 2.25. The maximum Gasteiger partial charge on any atom is 0.223 e. The lowest BCUT2D eigenvalue weighted by Crippen LogP contribution is -2.47. The third-order valence-corrected chi connectivity index (χ3v) is 4.39. The van der Waals surface area contributed by atoms with Gasteiger partial charge < -0.3 is 15.4 Å². The molecule has 2 unspecified atom stereocenters. The highest BCUT2D eigenvalue weighted by molar-refractivity contribution is 5.85. The molecule has 0 bridgehead atoms. The van der Waals surface area contributed by atoms with Gasteiger partial charge in [-0.2, -0.15) is 0 Å². The predicted molar refractivity (Wildman–Crippen MR) is 91.7 cm³/mol. The Kier molecular flexibility index (Phi) is 7.69. The average molecular weight is 327 g/mol. The second-order valence-electron chi connectivity index (χ2n) is 5.85. The molecule has 1 fully saturated rings. The zero-order valence-corrected chi connectivity index (χ0v) is 14.3. The Hall–Kier alpha value is -1.26. The number of carbonyl (C=O) groups excluding carboxylic acids is 1. The quantitative estimate of drug-likeness (QED) is 0.905. The van der Waals surface area contributed by atoms with Crippen LogP contribution in [0, 0.1) is 0 Å². The molecule has 4 nitrogen and oxygen atoms in total. The van der Waals surface area contributed by atoms with Gasteiger partial charge in [0.25, 0.3) is 0 Å². The van der Waals surface area contributed by atoms with Crippen molar-refractivity contribution in [2.45, 2.75) is 44.6 Å². The number of amides is 1. The van der Waals surface area contributed by atoms with Crippen LogP contribution in [0.25, 0.3) is 0 Å². The molecule has 0 spiro atoms. The lowest BCUT2D eigenvalue weighted by Gasteiger charge is -2.35. The standard InChI is InChI=1S/C17H26N2O2.ClH/c1-13(14-6-8-16(21-2)9-7-14)11-17(20)19-10-4-3-5-15(19)12-18;/h6-9,13,15H,3-5,10-12,18H2,1-2H3;1H. The highest BCUT2D eigenvalue weighted by Gasteiger charge is 2.26. The van der Waals surface area contributed by atoms with E-state index >= 15 is 0 Å². The molecule has 2 atom stereocenters. The van der Waals surface area contributed by atoms with E-state index < -0.39 is 0 Å². The molecule has 1 aromatic rings. The first-order valence-electron chi connectivity index (χ1n) is 7.79. The van der Waals surface area contributed by atoms with Crippen LogP contribution in [-0.2, 0) is 4.79 Å². The van der Waals surface area contributed by atoms with E-state index in [2.05, 4.69) is 6.92 Å². The SMILES string of the molecule is COc1ccc(C(C)CC(=O)N2CCCCC2CN)cc1.Cl. The number of nitrogens with zero attached hydrogens (tertiary/aromatic N) is 1. The van der Waals surface area contributed by atoms with Gasteiger partial charge in [0.2, 0.25) is 5.91 Å². The summed E-state index contributed by atoms with van der Waals surface area (Å²) in [5.74, 6) is 1.29. The van der Waals surface area contributed by atoms with E-state index in [1.165, 1.54) is 12.0 Å². The van der Waals surface area contributed by atoms with Crippen molar-refractivity contribution in [2.24, 2.45) is 5.73 Å². The molecule has 1 saturated heterocycles. The summed E-state index contributed by atoms with van der Waals surface area (Å²) in [6, 6.07) is 8.19. The van der Waals surface area contributed by atoms with Crippen LogP contribution < -0.4 is 10.5 Å². The molecule has 1 heterocycles. The van der Waals surface area contributed by atoms with Crippen molar-refractivity contribution in [1.29, 1.82) is 0 Å². The maximum absolute atomic E-state index is 12.5. The number of hydrogen-bond acceptors (Lipinski definition) is 3. The van der Waals surface area contributed by atoms with E-state index in [0.717, 1.165) is 25.1 Å². The summed E-state index contributed by atoms with van der Waals surface area (Å²) in [4.78, 5) is 14.5. The fraction of sp³-hybridized carbons (Fsp3) is 0.588. The third-order valence-electron chi connectivity index (χ3n) is 4.39. The van der Waals surface area contributed by atoms with E-state index in [9.17, 15) is 4.79 Å². The number of hydrogen-bond donors (Lipinski definition) is 1. The van der Waals surface area contributed by atoms with E-state index in [1.54, 1.807) is 7.11 Å². The van der Waals surface area contributed by atoms with Gasteiger partial charge in [-0.15, -0.1) is 12.4 Å². The molecular weight excluding hydrogens is 300 g/mol. The molecule has 0 saturated carbocycles. The Morgan fingerprint density at radius 1 is 1.36 bits per heavy atom. The van der Waals surface area contributed by atoms with Crippen LogP contribution in [0.1, 0.15) is 44.1 Å². The summed E-state index contributed by atoms with van der Waals surface area (Å²) in [5.41, 5.74) is 6.97. The first kappa shape index (κ1) is 18.8. The number of halogens is 1. The van der Waals surface area contributed by atoms with Gasteiger partial charge in [-0.25, -0.2) is 0 Å². The van der Waals surface area contributed by atoms with Crippen LogP contribution in [0.2, 0.25) is 0 Å². The molecular formula is C17H27ClN2O2. The van der Waals surface area contributed by atoms with Gasteiger partial charge in [0.15, 0.2) is 0 Å². The largest absolute Gasteiger partial charge is 0.497 e. The minimum absolute atomic E-state index is 0. The van der Waals surface area contributed by atoms with Gasteiger partial charge in [-0.05, 0) is 42.9 Å². The Labute approximate surface area is 139 Å². The minimum Gasteiger partial charge on any atom is -0.497 e. The van der Waals surface area contributed by atoms with E-state index in [1.807, 2.05) is 29.2 Å². The van der Waals surface area contributed by atoms with Crippen molar-refractivity contribution in [3.8, 4) is 5.75 Å². The zero-order chi connectivity index (χ0) is 15.2. The van der Waals surface area contributed by atoms with Crippen LogP contribution >= 0.6 is 12.4 Å². The number of rotatable bonds is 5. The Balaban J connectivity index is 0.00000242. The summed E-state index contributed by atoms with van der Waals surface area (Å²) in [5, 5.41) is 0. The molecule has 1 aromatic carbocycles. The fourth-order valence-electron chi connectivity index (χ4n) is 3.00. The third kappa shape index (κ3) is 4.62. The van der Waals surface area contributed by atoms with Gasteiger partial charge >= 0.3 is 0 Å². The summed E-state index contributed by atoms with van der Waals surface area (Å²) >= 11 is 0. The molecule has 22 heavy (non-hydrogen) atoms. The molecule has 1 aliphatic heterocycles. The van der Waals surface area contributed by atoms with E-state index in [4.69, 9.17) is 10.5 Å². The van der Waals surface area contributed by atoms with Crippen LogP contribution in [0.15, 0.2) is 24.3 Å². The smallest absolute Gasteiger partial charge is 0.223 e. The van der Waals surface area contributed by atoms with Crippen LogP contribution in [-0.4, -0.2) is 37.0 Å². The average Bonchev–Trinajstić information content (AvgIpc) is 2.54. The van der Waals surface area contributed by atoms with Crippen molar-refractivity contribution in [1.82, 2.24) is 4.90 Å². The monoisotopic (exact) mass is 326 g/mol. The van der Waals surface area contributed by atoms with Crippen LogP contribution in [0.5, 0.6) is 5.75 Å². The van der Waals surface area contributed by atoms with Gasteiger partial charge in [-0.3, -0.25) is 4.79 Å². The van der Waals surface area contributed by atoms with Crippen molar-refractivity contribution < 1.29 is 9.53 Å². The molecule has 2 rings (SSSR count). The number of carbonyl (C=O) groups is 1. The molecule has 124 valence electrons. The molecule has 0 aromatic heterocycles. The number of nitrogens with two attached hydrogens (primary N) is 1. The van der Waals surface area contributed by atoms with E-state index in [-0.39, 0.29) is 30.3 Å². The van der Waals surface area contributed by atoms with Crippen molar-refractivity contribution in [3.63, 3.8) is 0 Å². The maximum atomic E-state index is 12.5. The Morgan fingerprint density at radius 3 is 2.64 bits per heavy atom. The molecule has 5 heteroatoms. The summed E-state index contributed by atoms with van der Waals surface area (Å²) < 4.78 is 5.16.